The molecule has 0 bridgehead atoms. The summed E-state index contributed by atoms with van der Waals surface area (Å²) in [5.41, 5.74) is 1.28. The lowest BCUT2D eigenvalue weighted by Crippen LogP contribution is -2.40. The quantitative estimate of drug-likeness (QED) is 0.776. The number of aromatic nitrogens is 1. The summed E-state index contributed by atoms with van der Waals surface area (Å²) in [4.78, 5) is 18.0. The van der Waals surface area contributed by atoms with Crippen molar-refractivity contribution in [1.82, 2.24) is 9.88 Å². The molecule has 1 unspecified atom stereocenters. The van der Waals surface area contributed by atoms with Gasteiger partial charge in [-0.25, -0.2) is 0 Å². The summed E-state index contributed by atoms with van der Waals surface area (Å²) in [5.74, 6) is 0.684. The maximum Gasteiger partial charge on any atom is 0.138 e. The predicted octanol–water partition coefficient (Wildman–Crippen LogP) is 1.88. The number of hydrogen-bond donors (Lipinski definition) is 0. The second-order valence-corrected chi connectivity index (χ2v) is 4.41. The first-order chi connectivity index (χ1) is 7.79. The first kappa shape index (κ1) is 11.3. The van der Waals surface area contributed by atoms with E-state index in [0.29, 0.717) is 12.2 Å². The van der Waals surface area contributed by atoms with E-state index in [-0.39, 0.29) is 5.92 Å². The molecule has 1 aromatic rings. The summed E-state index contributed by atoms with van der Waals surface area (Å²) in [6.07, 6.45) is 5.32. The van der Waals surface area contributed by atoms with Crippen molar-refractivity contribution < 1.29 is 4.79 Å². The number of hydrogen-bond acceptors (Lipinski definition) is 3. The fraction of sp³-hybridized carbons (Fsp3) is 0.538. The Labute approximate surface area is 96.5 Å². The number of piperidine rings is 1. The van der Waals surface area contributed by atoms with Crippen LogP contribution in [0.1, 0.15) is 25.3 Å². The van der Waals surface area contributed by atoms with Crippen molar-refractivity contribution in [3.05, 3.63) is 30.1 Å². The van der Waals surface area contributed by atoms with Crippen molar-refractivity contribution in [2.45, 2.75) is 26.3 Å². The van der Waals surface area contributed by atoms with Crippen molar-refractivity contribution in [1.29, 1.82) is 0 Å². The van der Waals surface area contributed by atoms with Crippen LogP contribution in [0.25, 0.3) is 0 Å². The van der Waals surface area contributed by atoms with E-state index in [4.69, 9.17) is 0 Å². The molecule has 1 aliphatic heterocycles. The number of carbonyl (C=O) groups excluding carboxylic acids is 1. The van der Waals surface area contributed by atoms with Gasteiger partial charge in [0.15, 0.2) is 0 Å². The Kier molecular flexibility index (Phi) is 3.67. The van der Waals surface area contributed by atoms with Crippen LogP contribution in [0, 0.1) is 5.92 Å². The van der Waals surface area contributed by atoms with Crippen LogP contribution in [-0.2, 0) is 11.3 Å². The Morgan fingerprint density at radius 2 is 2.19 bits per heavy atom. The van der Waals surface area contributed by atoms with Gasteiger partial charge in [-0.1, -0.05) is 6.92 Å². The van der Waals surface area contributed by atoms with Gasteiger partial charge in [-0.05, 0) is 24.1 Å². The Morgan fingerprint density at radius 1 is 1.44 bits per heavy atom. The van der Waals surface area contributed by atoms with Crippen molar-refractivity contribution in [3.63, 3.8) is 0 Å². The lowest BCUT2D eigenvalue weighted by molar-refractivity contribution is -0.126. The molecule has 1 aromatic heterocycles. The highest BCUT2D eigenvalue weighted by Crippen LogP contribution is 2.17. The fourth-order valence-electron chi connectivity index (χ4n) is 2.22. The highest BCUT2D eigenvalue weighted by molar-refractivity contribution is 5.82. The molecule has 0 N–H and O–H groups in total. The molecule has 0 radical (unpaired) electrons. The van der Waals surface area contributed by atoms with E-state index in [0.717, 1.165) is 26.1 Å². The molecule has 3 heteroatoms. The van der Waals surface area contributed by atoms with E-state index in [9.17, 15) is 4.79 Å². The molecular weight excluding hydrogens is 200 g/mol. The lowest BCUT2D eigenvalue weighted by Gasteiger charge is -2.31. The Balaban J connectivity index is 1.94. The smallest absolute Gasteiger partial charge is 0.138 e. The molecule has 0 aliphatic carbocycles. The zero-order valence-corrected chi connectivity index (χ0v) is 9.72. The average molecular weight is 218 g/mol. The van der Waals surface area contributed by atoms with Gasteiger partial charge in [-0.3, -0.25) is 14.7 Å². The Morgan fingerprint density at radius 3 is 2.88 bits per heavy atom. The molecule has 16 heavy (non-hydrogen) atoms. The molecule has 2 heterocycles. The van der Waals surface area contributed by atoms with Crippen LogP contribution < -0.4 is 0 Å². The third-order valence-electron chi connectivity index (χ3n) is 3.26. The predicted molar refractivity (Wildman–Crippen MR) is 62.9 cm³/mol. The normalized spacial score (nSPS) is 22.3. The third-order valence-corrected chi connectivity index (χ3v) is 3.26. The summed E-state index contributed by atoms with van der Waals surface area (Å²) in [6, 6.07) is 4.08. The summed E-state index contributed by atoms with van der Waals surface area (Å²) in [6.45, 7) is 4.85. The topological polar surface area (TPSA) is 33.2 Å². The number of Topliss-reactive ketones (excluding diaryl/α,β-unsaturated/α-hetero) is 1. The molecule has 1 saturated heterocycles. The maximum atomic E-state index is 11.6. The van der Waals surface area contributed by atoms with Gasteiger partial charge < -0.3 is 0 Å². The maximum absolute atomic E-state index is 11.6. The molecule has 86 valence electrons. The number of nitrogens with zero attached hydrogens (tertiary/aromatic N) is 2. The van der Waals surface area contributed by atoms with Crippen LogP contribution in [0.2, 0.25) is 0 Å². The van der Waals surface area contributed by atoms with E-state index < -0.39 is 0 Å². The SMILES string of the molecule is CCC1CN(Cc2ccncc2)CCC1=O. The van der Waals surface area contributed by atoms with Crippen LogP contribution in [-0.4, -0.2) is 28.8 Å². The van der Waals surface area contributed by atoms with E-state index in [1.54, 1.807) is 0 Å². The second kappa shape index (κ2) is 5.21. The molecule has 1 atom stereocenters. The summed E-state index contributed by atoms with van der Waals surface area (Å²) < 4.78 is 0. The number of carbonyl (C=O) groups is 1. The van der Waals surface area contributed by atoms with Gasteiger partial charge in [0.1, 0.15) is 5.78 Å². The van der Waals surface area contributed by atoms with Gasteiger partial charge in [0.25, 0.3) is 0 Å². The number of likely N-dealkylation sites (tertiary alicyclic amines) is 1. The highest BCUT2D eigenvalue weighted by atomic mass is 16.1. The molecule has 0 aromatic carbocycles. The minimum atomic E-state index is 0.246. The van der Waals surface area contributed by atoms with Gasteiger partial charge in [0.2, 0.25) is 0 Å². The molecule has 3 nitrogen and oxygen atoms in total. The number of ketones is 1. The van der Waals surface area contributed by atoms with Gasteiger partial charge in [-0.2, -0.15) is 0 Å². The zero-order chi connectivity index (χ0) is 11.4. The molecule has 0 spiro atoms. The average Bonchev–Trinajstić information content (AvgIpc) is 2.33. The monoisotopic (exact) mass is 218 g/mol. The van der Waals surface area contributed by atoms with Crippen LogP contribution in [0.5, 0.6) is 0 Å². The molecule has 1 fully saturated rings. The van der Waals surface area contributed by atoms with Crippen molar-refractivity contribution in [2.24, 2.45) is 5.92 Å². The minimum Gasteiger partial charge on any atom is -0.299 e. The van der Waals surface area contributed by atoms with Gasteiger partial charge >= 0.3 is 0 Å². The van der Waals surface area contributed by atoms with E-state index in [1.807, 2.05) is 24.5 Å². The lowest BCUT2D eigenvalue weighted by atomic mass is 9.94. The van der Waals surface area contributed by atoms with E-state index in [1.165, 1.54) is 5.56 Å². The van der Waals surface area contributed by atoms with Crippen LogP contribution >= 0.6 is 0 Å². The molecular formula is C13H18N2O. The molecule has 1 aliphatic rings. The molecule has 2 rings (SSSR count). The first-order valence-corrected chi connectivity index (χ1v) is 5.93. The van der Waals surface area contributed by atoms with Crippen LogP contribution in [0.4, 0.5) is 0 Å². The summed E-state index contributed by atoms with van der Waals surface area (Å²) in [5, 5.41) is 0. The van der Waals surface area contributed by atoms with Crippen LogP contribution in [0.15, 0.2) is 24.5 Å². The first-order valence-electron chi connectivity index (χ1n) is 5.93. The Hall–Kier alpha value is -1.22. The van der Waals surface area contributed by atoms with Crippen molar-refractivity contribution in [2.75, 3.05) is 13.1 Å². The van der Waals surface area contributed by atoms with Crippen LogP contribution in [0.3, 0.4) is 0 Å². The Bertz CT molecular complexity index is 350. The highest BCUT2D eigenvalue weighted by Gasteiger charge is 2.25. The molecule has 0 saturated carbocycles. The fourth-order valence-corrected chi connectivity index (χ4v) is 2.22. The summed E-state index contributed by atoms with van der Waals surface area (Å²) in [7, 11) is 0. The number of pyridine rings is 1. The standard InChI is InChI=1S/C13H18N2O/c1-2-12-10-15(8-5-13(12)16)9-11-3-6-14-7-4-11/h3-4,6-7,12H,2,5,8-10H2,1H3. The van der Waals surface area contributed by atoms with Gasteiger partial charge in [-0.15, -0.1) is 0 Å². The molecule has 0 amide bonds. The third kappa shape index (κ3) is 2.67. The van der Waals surface area contributed by atoms with E-state index >= 15 is 0 Å². The number of rotatable bonds is 3. The second-order valence-electron chi connectivity index (χ2n) is 4.41. The van der Waals surface area contributed by atoms with Gasteiger partial charge in [0.05, 0.1) is 0 Å². The van der Waals surface area contributed by atoms with E-state index in [2.05, 4.69) is 16.8 Å². The summed E-state index contributed by atoms with van der Waals surface area (Å²) >= 11 is 0. The van der Waals surface area contributed by atoms with Gasteiger partial charge in [0, 0.05) is 44.4 Å². The minimum absolute atomic E-state index is 0.246. The largest absolute Gasteiger partial charge is 0.299 e. The zero-order valence-electron chi connectivity index (χ0n) is 9.72. The van der Waals surface area contributed by atoms with Crippen molar-refractivity contribution >= 4 is 5.78 Å². The van der Waals surface area contributed by atoms with Crippen molar-refractivity contribution in [3.8, 4) is 0 Å².